The van der Waals surface area contributed by atoms with E-state index in [1.165, 1.54) is 12.1 Å². The molecule has 5 nitrogen and oxygen atoms in total. The molecular formula is C18H20FN3O2S. The molecule has 0 bridgehead atoms. The fourth-order valence-electron chi connectivity index (χ4n) is 2.44. The van der Waals surface area contributed by atoms with Crippen LogP contribution in [0, 0.1) is 5.82 Å². The number of urea groups is 1. The van der Waals surface area contributed by atoms with Crippen LogP contribution in [0.3, 0.4) is 0 Å². The molecule has 1 aliphatic heterocycles. The molecule has 25 heavy (non-hydrogen) atoms. The number of hydrogen-bond donors (Lipinski definition) is 1. The van der Waals surface area contributed by atoms with Gasteiger partial charge in [0.1, 0.15) is 11.6 Å². The van der Waals surface area contributed by atoms with E-state index in [1.807, 2.05) is 22.7 Å². The first-order valence-corrected chi connectivity index (χ1v) is 9.35. The van der Waals surface area contributed by atoms with Crippen molar-refractivity contribution < 1.29 is 13.9 Å². The smallest absolute Gasteiger partial charge is 0.317 e. The SMILES string of the molecule is O=C(NCc1ccc(Oc2ccc(F)cc2)nc1)N1CCCSCC1. The summed E-state index contributed by atoms with van der Waals surface area (Å²) in [7, 11) is 0. The number of nitrogens with one attached hydrogen (secondary N) is 1. The molecule has 3 rings (SSSR count). The summed E-state index contributed by atoms with van der Waals surface area (Å²) in [5, 5.41) is 2.93. The fourth-order valence-corrected chi connectivity index (χ4v) is 3.32. The first kappa shape index (κ1) is 17.5. The van der Waals surface area contributed by atoms with Gasteiger partial charge in [0.2, 0.25) is 5.88 Å². The van der Waals surface area contributed by atoms with Gasteiger partial charge in [-0.2, -0.15) is 11.8 Å². The first-order chi connectivity index (χ1) is 12.2. The molecule has 2 heterocycles. The molecule has 0 spiro atoms. The highest BCUT2D eigenvalue weighted by Gasteiger charge is 2.15. The van der Waals surface area contributed by atoms with E-state index in [1.54, 1.807) is 24.4 Å². The molecule has 7 heteroatoms. The van der Waals surface area contributed by atoms with Crippen molar-refractivity contribution in [3.8, 4) is 11.6 Å². The van der Waals surface area contributed by atoms with E-state index in [9.17, 15) is 9.18 Å². The minimum atomic E-state index is -0.311. The maximum absolute atomic E-state index is 12.9. The molecule has 132 valence electrons. The van der Waals surface area contributed by atoms with Gasteiger partial charge in [0.05, 0.1) is 0 Å². The predicted molar refractivity (Wildman–Crippen MR) is 96.5 cm³/mol. The number of amides is 2. The molecule has 1 aromatic heterocycles. The summed E-state index contributed by atoms with van der Waals surface area (Å²) in [6.07, 6.45) is 2.70. The second-order valence-corrected chi connectivity index (χ2v) is 6.90. The summed E-state index contributed by atoms with van der Waals surface area (Å²) in [6, 6.07) is 9.31. The second kappa shape index (κ2) is 8.71. The Morgan fingerprint density at radius 1 is 1.20 bits per heavy atom. The summed E-state index contributed by atoms with van der Waals surface area (Å²) in [6.45, 7) is 2.02. The average molecular weight is 361 g/mol. The second-order valence-electron chi connectivity index (χ2n) is 5.67. The molecule has 1 N–H and O–H groups in total. The lowest BCUT2D eigenvalue weighted by atomic mass is 10.3. The summed E-state index contributed by atoms with van der Waals surface area (Å²) < 4.78 is 18.4. The fraction of sp³-hybridized carbons (Fsp3) is 0.333. The summed E-state index contributed by atoms with van der Waals surface area (Å²) in [5.74, 6) is 2.74. The lowest BCUT2D eigenvalue weighted by molar-refractivity contribution is 0.201. The van der Waals surface area contributed by atoms with Crippen LogP contribution in [0.4, 0.5) is 9.18 Å². The van der Waals surface area contributed by atoms with Crippen LogP contribution in [-0.2, 0) is 6.54 Å². The Bertz CT molecular complexity index is 686. The van der Waals surface area contributed by atoms with Crippen LogP contribution in [0.1, 0.15) is 12.0 Å². The number of carbonyl (C=O) groups is 1. The van der Waals surface area contributed by atoms with E-state index < -0.39 is 0 Å². The molecule has 1 fully saturated rings. The lowest BCUT2D eigenvalue weighted by Gasteiger charge is -2.20. The summed E-state index contributed by atoms with van der Waals surface area (Å²) in [5.41, 5.74) is 0.893. The van der Waals surface area contributed by atoms with E-state index in [4.69, 9.17) is 4.74 Å². The normalized spacial score (nSPS) is 14.7. The Balaban J connectivity index is 1.50. The van der Waals surface area contributed by atoms with Gasteiger partial charge >= 0.3 is 6.03 Å². The number of thioether (sulfide) groups is 1. The van der Waals surface area contributed by atoms with Gasteiger partial charge in [-0.15, -0.1) is 0 Å². The van der Waals surface area contributed by atoms with Crippen LogP contribution in [-0.4, -0.2) is 40.5 Å². The first-order valence-electron chi connectivity index (χ1n) is 8.19. The number of benzene rings is 1. The molecule has 0 saturated carbocycles. The number of aromatic nitrogens is 1. The molecule has 0 aliphatic carbocycles. The zero-order chi connectivity index (χ0) is 17.5. The van der Waals surface area contributed by atoms with Crippen LogP contribution in [0.25, 0.3) is 0 Å². The van der Waals surface area contributed by atoms with E-state index in [0.717, 1.165) is 36.6 Å². The quantitative estimate of drug-likeness (QED) is 0.903. The van der Waals surface area contributed by atoms with Crippen LogP contribution < -0.4 is 10.1 Å². The van der Waals surface area contributed by atoms with Gasteiger partial charge in [-0.3, -0.25) is 0 Å². The topological polar surface area (TPSA) is 54.5 Å². The molecule has 1 aromatic carbocycles. The third-order valence-corrected chi connectivity index (χ3v) is 4.84. The van der Waals surface area contributed by atoms with Gasteiger partial charge in [-0.25, -0.2) is 14.2 Å². The van der Waals surface area contributed by atoms with Gasteiger partial charge in [0.15, 0.2) is 0 Å². The highest BCUT2D eigenvalue weighted by molar-refractivity contribution is 7.99. The number of carbonyl (C=O) groups excluding carboxylic acids is 1. The van der Waals surface area contributed by atoms with Crippen LogP contribution in [0.2, 0.25) is 0 Å². The van der Waals surface area contributed by atoms with Gasteiger partial charge < -0.3 is 15.0 Å². The van der Waals surface area contributed by atoms with Crippen molar-refractivity contribution in [2.45, 2.75) is 13.0 Å². The molecule has 1 aliphatic rings. The molecule has 2 aromatic rings. The maximum atomic E-state index is 12.9. The number of pyridine rings is 1. The van der Waals surface area contributed by atoms with Crippen molar-refractivity contribution in [3.05, 3.63) is 54.0 Å². The van der Waals surface area contributed by atoms with Crippen molar-refractivity contribution in [3.63, 3.8) is 0 Å². The zero-order valence-corrected chi connectivity index (χ0v) is 14.6. The van der Waals surface area contributed by atoms with E-state index in [-0.39, 0.29) is 11.8 Å². The molecular weight excluding hydrogens is 341 g/mol. The number of nitrogens with zero attached hydrogens (tertiary/aromatic N) is 2. The van der Waals surface area contributed by atoms with Crippen LogP contribution in [0.15, 0.2) is 42.6 Å². The Morgan fingerprint density at radius 2 is 2.04 bits per heavy atom. The molecule has 2 amide bonds. The third-order valence-electron chi connectivity index (χ3n) is 3.79. The van der Waals surface area contributed by atoms with E-state index >= 15 is 0 Å². The maximum Gasteiger partial charge on any atom is 0.317 e. The number of halogens is 1. The molecule has 0 atom stereocenters. The highest BCUT2D eigenvalue weighted by atomic mass is 32.2. The van der Waals surface area contributed by atoms with Gasteiger partial charge in [-0.05, 0) is 42.0 Å². The predicted octanol–water partition coefficient (Wildman–Crippen LogP) is 3.66. The minimum absolute atomic E-state index is 0.0332. The number of ether oxygens (including phenoxy) is 1. The highest BCUT2D eigenvalue weighted by Crippen LogP contribution is 2.19. The standard InChI is InChI=1S/C18H20FN3O2S/c19-15-3-5-16(6-4-15)24-17-7-2-14(12-20-17)13-21-18(23)22-8-1-10-25-11-9-22/h2-7,12H,1,8-11,13H2,(H,21,23). The Kier molecular flexibility index (Phi) is 6.11. The largest absolute Gasteiger partial charge is 0.439 e. The Hall–Kier alpha value is -2.28. The average Bonchev–Trinajstić information content (AvgIpc) is 2.92. The molecule has 0 unspecified atom stereocenters. The van der Waals surface area contributed by atoms with Crippen LogP contribution >= 0.6 is 11.8 Å². The van der Waals surface area contributed by atoms with Crippen molar-refractivity contribution in [2.24, 2.45) is 0 Å². The minimum Gasteiger partial charge on any atom is -0.439 e. The summed E-state index contributed by atoms with van der Waals surface area (Å²) in [4.78, 5) is 18.3. The number of hydrogen-bond acceptors (Lipinski definition) is 4. The van der Waals surface area contributed by atoms with Gasteiger partial charge in [-0.1, -0.05) is 6.07 Å². The monoisotopic (exact) mass is 361 g/mol. The molecule has 1 saturated heterocycles. The molecule has 0 radical (unpaired) electrons. The van der Waals surface area contributed by atoms with Crippen molar-refractivity contribution >= 4 is 17.8 Å². The number of rotatable bonds is 4. The van der Waals surface area contributed by atoms with Crippen molar-refractivity contribution in [2.75, 3.05) is 24.6 Å². The van der Waals surface area contributed by atoms with Gasteiger partial charge in [0.25, 0.3) is 0 Å². The lowest BCUT2D eigenvalue weighted by Crippen LogP contribution is -2.40. The third kappa shape index (κ3) is 5.35. The zero-order valence-electron chi connectivity index (χ0n) is 13.8. The van der Waals surface area contributed by atoms with Crippen molar-refractivity contribution in [1.82, 2.24) is 15.2 Å². The van der Waals surface area contributed by atoms with Crippen LogP contribution in [0.5, 0.6) is 11.6 Å². The Morgan fingerprint density at radius 3 is 2.80 bits per heavy atom. The van der Waals surface area contributed by atoms with Crippen molar-refractivity contribution in [1.29, 1.82) is 0 Å². The summed E-state index contributed by atoms with van der Waals surface area (Å²) >= 11 is 1.89. The Labute approximate surface area is 150 Å². The van der Waals surface area contributed by atoms with E-state index in [2.05, 4.69) is 10.3 Å². The van der Waals surface area contributed by atoms with Gasteiger partial charge in [0, 0.05) is 37.7 Å². The van der Waals surface area contributed by atoms with E-state index in [0.29, 0.717) is 18.2 Å².